The second-order valence-electron chi connectivity index (χ2n) is 5.52. The number of rotatable bonds is 5. The molecule has 1 aromatic carbocycles. The van der Waals surface area contributed by atoms with Crippen molar-refractivity contribution in [3.63, 3.8) is 0 Å². The van der Waals surface area contributed by atoms with Gasteiger partial charge in [0.25, 0.3) is 0 Å². The number of hydrogen-bond donors (Lipinski definition) is 1. The minimum absolute atomic E-state index is 0.267. The second-order valence-corrected chi connectivity index (χ2v) is 5.52. The highest BCUT2D eigenvalue weighted by atomic mass is 16.5. The number of para-hydroxylation sites is 1. The van der Waals surface area contributed by atoms with Crippen molar-refractivity contribution in [3.8, 4) is 5.75 Å². The zero-order valence-corrected chi connectivity index (χ0v) is 12.8. The lowest BCUT2D eigenvalue weighted by Crippen LogP contribution is -2.44. The summed E-state index contributed by atoms with van der Waals surface area (Å²) < 4.78 is 11.3. The number of hydrogen-bond acceptors (Lipinski definition) is 4. The fourth-order valence-corrected chi connectivity index (χ4v) is 2.71. The number of benzene rings is 1. The van der Waals surface area contributed by atoms with E-state index in [1.165, 1.54) is 0 Å². The Labute approximate surface area is 121 Å². The van der Waals surface area contributed by atoms with Crippen LogP contribution in [0.2, 0.25) is 0 Å². The van der Waals surface area contributed by atoms with Crippen molar-refractivity contribution in [3.05, 3.63) is 18.2 Å². The van der Waals surface area contributed by atoms with E-state index in [0.29, 0.717) is 12.5 Å². The number of methoxy groups -OCH3 is 1. The number of nitrogens with two attached hydrogens (primary N) is 1. The fourth-order valence-electron chi connectivity index (χ4n) is 2.71. The summed E-state index contributed by atoms with van der Waals surface area (Å²) in [5.41, 5.74) is 8.07. The van der Waals surface area contributed by atoms with Crippen molar-refractivity contribution in [1.29, 1.82) is 0 Å². The normalized spacial score (nSPS) is 22.9. The van der Waals surface area contributed by atoms with E-state index in [4.69, 9.17) is 15.2 Å². The second kappa shape index (κ2) is 6.84. The van der Waals surface area contributed by atoms with E-state index in [1.54, 1.807) is 7.11 Å². The molecular weight excluding hydrogens is 252 g/mol. The minimum Gasteiger partial charge on any atom is -0.491 e. The Balaban J connectivity index is 2.16. The standard InChI is InChI=1S/C16H26N2O2/c1-4-10-20-14-7-5-6-13(16(14)17)18-9-8-12(2)15(11-18)19-3/h5-7,12,15H,4,8-11,17H2,1-3H3. The molecule has 2 N–H and O–H groups in total. The van der Waals surface area contributed by atoms with Gasteiger partial charge in [0.15, 0.2) is 0 Å². The highest BCUT2D eigenvalue weighted by Crippen LogP contribution is 2.34. The van der Waals surface area contributed by atoms with Crippen molar-refractivity contribution in [2.75, 3.05) is 37.4 Å². The summed E-state index contributed by atoms with van der Waals surface area (Å²) >= 11 is 0. The highest BCUT2D eigenvalue weighted by Gasteiger charge is 2.27. The van der Waals surface area contributed by atoms with Crippen LogP contribution in [0.25, 0.3) is 0 Å². The number of nitrogen functional groups attached to an aromatic ring is 1. The molecule has 2 atom stereocenters. The minimum atomic E-state index is 0.267. The molecule has 0 saturated carbocycles. The van der Waals surface area contributed by atoms with E-state index < -0.39 is 0 Å². The first kappa shape index (κ1) is 15.0. The zero-order valence-electron chi connectivity index (χ0n) is 12.8. The molecule has 4 heteroatoms. The lowest BCUT2D eigenvalue weighted by molar-refractivity contribution is 0.0498. The largest absolute Gasteiger partial charge is 0.491 e. The van der Waals surface area contributed by atoms with Crippen LogP contribution in [0.15, 0.2) is 18.2 Å². The molecule has 2 rings (SSSR count). The third-order valence-electron chi connectivity index (χ3n) is 4.04. The van der Waals surface area contributed by atoms with Gasteiger partial charge < -0.3 is 20.1 Å². The summed E-state index contributed by atoms with van der Waals surface area (Å²) in [6.45, 7) is 6.94. The molecule has 4 nitrogen and oxygen atoms in total. The summed E-state index contributed by atoms with van der Waals surface area (Å²) in [4.78, 5) is 2.31. The van der Waals surface area contributed by atoms with Crippen LogP contribution in [0, 0.1) is 5.92 Å². The van der Waals surface area contributed by atoms with Crippen LogP contribution >= 0.6 is 0 Å². The van der Waals surface area contributed by atoms with Gasteiger partial charge in [0.05, 0.1) is 24.1 Å². The van der Waals surface area contributed by atoms with Gasteiger partial charge >= 0.3 is 0 Å². The van der Waals surface area contributed by atoms with Crippen LogP contribution in [-0.4, -0.2) is 32.9 Å². The molecule has 0 aliphatic carbocycles. The van der Waals surface area contributed by atoms with Crippen molar-refractivity contribution in [2.45, 2.75) is 32.8 Å². The van der Waals surface area contributed by atoms with E-state index in [0.717, 1.165) is 43.1 Å². The van der Waals surface area contributed by atoms with Crippen molar-refractivity contribution < 1.29 is 9.47 Å². The first-order chi connectivity index (χ1) is 9.67. The average Bonchev–Trinajstić information content (AvgIpc) is 2.47. The maximum atomic E-state index is 6.27. The fraction of sp³-hybridized carbons (Fsp3) is 0.625. The van der Waals surface area contributed by atoms with Gasteiger partial charge in [0.2, 0.25) is 0 Å². The van der Waals surface area contributed by atoms with Crippen molar-refractivity contribution in [2.24, 2.45) is 5.92 Å². The predicted octanol–water partition coefficient (Wildman–Crippen LogP) is 2.92. The molecule has 1 saturated heterocycles. The number of anilines is 2. The van der Waals surface area contributed by atoms with Gasteiger partial charge in [-0.3, -0.25) is 0 Å². The lowest BCUT2D eigenvalue weighted by atomic mass is 9.95. The van der Waals surface area contributed by atoms with Gasteiger partial charge in [0, 0.05) is 20.2 Å². The van der Waals surface area contributed by atoms with Gasteiger partial charge in [-0.25, -0.2) is 0 Å². The average molecular weight is 278 g/mol. The van der Waals surface area contributed by atoms with Crippen LogP contribution in [-0.2, 0) is 4.74 Å². The van der Waals surface area contributed by atoms with Gasteiger partial charge in [-0.2, -0.15) is 0 Å². The first-order valence-corrected chi connectivity index (χ1v) is 7.46. The van der Waals surface area contributed by atoms with E-state index in [-0.39, 0.29) is 6.10 Å². The maximum Gasteiger partial charge on any atom is 0.144 e. The zero-order chi connectivity index (χ0) is 14.5. The number of piperidine rings is 1. The summed E-state index contributed by atoms with van der Waals surface area (Å²) in [5, 5.41) is 0. The van der Waals surface area contributed by atoms with E-state index in [9.17, 15) is 0 Å². The van der Waals surface area contributed by atoms with Gasteiger partial charge in [0.1, 0.15) is 5.75 Å². The third kappa shape index (κ3) is 3.18. The molecule has 2 unspecified atom stereocenters. The van der Waals surface area contributed by atoms with E-state index in [2.05, 4.69) is 24.8 Å². The molecule has 1 aliphatic rings. The summed E-state index contributed by atoms with van der Waals surface area (Å²) in [5.74, 6) is 1.38. The van der Waals surface area contributed by atoms with Crippen molar-refractivity contribution in [1.82, 2.24) is 0 Å². The predicted molar refractivity (Wildman–Crippen MR) is 83.4 cm³/mol. The highest BCUT2D eigenvalue weighted by molar-refractivity contribution is 5.74. The molecule has 0 amide bonds. The Kier molecular flexibility index (Phi) is 5.12. The first-order valence-electron chi connectivity index (χ1n) is 7.46. The lowest BCUT2D eigenvalue weighted by Gasteiger charge is -2.38. The Hall–Kier alpha value is -1.42. The van der Waals surface area contributed by atoms with Crippen LogP contribution in [0.1, 0.15) is 26.7 Å². The third-order valence-corrected chi connectivity index (χ3v) is 4.04. The molecule has 20 heavy (non-hydrogen) atoms. The Bertz CT molecular complexity index is 436. The molecule has 0 radical (unpaired) electrons. The topological polar surface area (TPSA) is 47.7 Å². The summed E-state index contributed by atoms with van der Waals surface area (Å²) in [6, 6.07) is 6.02. The number of nitrogens with zero attached hydrogens (tertiary/aromatic N) is 1. The quantitative estimate of drug-likeness (QED) is 0.841. The van der Waals surface area contributed by atoms with Gasteiger partial charge in [-0.15, -0.1) is 0 Å². The van der Waals surface area contributed by atoms with Crippen LogP contribution in [0.3, 0.4) is 0 Å². The monoisotopic (exact) mass is 278 g/mol. The van der Waals surface area contributed by atoms with E-state index >= 15 is 0 Å². The molecule has 1 fully saturated rings. The van der Waals surface area contributed by atoms with E-state index in [1.807, 2.05) is 12.1 Å². The molecule has 1 heterocycles. The van der Waals surface area contributed by atoms with Gasteiger partial charge in [-0.1, -0.05) is 19.9 Å². The Morgan fingerprint density at radius 1 is 1.40 bits per heavy atom. The molecule has 112 valence electrons. The smallest absolute Gasteiger partial charge is 0.144 e. The van der Waals surface area contributed by atoms with Gasteiger partial charge in [-0.05, 0) is 30.9 Å². The molecule has 1 aromatic rings. The Morgan fingerprint density at radius 2 is 2.20 bits per heavy atom. The summed E-state index contributed by atoms with van der Waals surface area (Å²) in [6.07, 6.45) is 2.37. The van der Waals surface area contributed by atoms with Crippen LogP contribution in [0.4, 0.5) is 11.4 Å². The summed E-state index contributed by atoms with van der Waals surface area (Å²) in [7, 11) is 1.79. The maximum absolute atomic E-state index is 6.27. The van der Waals surface area contributed by atoms with Crippen molar-refractivity contribution >= 4 is 11.4 Å². The number of ether oxygens (including phenoxy) is 2. The molecular formula is C16H26N2O2. The SMILES string of the molecule is CCCOc1cccc(N2CCC(C)C(OC)C2)c1N. The molecule has 1 aliphatic heterocycles. The van der Waals surface area contributed by atoms with Crippen LogP contribution in [0.5, 0.6) is 5.75 Å². The molecule has 0 bridgehead atoms. The Morgan fingerprint density at radius 3 is 2.90 bits per heavy atom. The molecule has 0 aromatic heterocycles. The molecule has 0 spiro atoms. The van der Waals surface area contributed by atoms with Crippen LogP contribution < -0.4 is 15.4 Å².